The number of ether oxygens (including phenoxy) is 1. The topological polar surface area (TPSA) is 41.6 Å². The van der Waals surface area contributed by atoms with Crippen LogP contribution >= 0.6 is 0 Å². The van der Waals surface area contributed by atoms with E-state index in [1.165, 1.54) is 17.5 Å². The normalized spacial score (nSPS) is 23.5. The van der Waals surface area contributed by atoms with Crippen LogP contribution in [0.25, 0.3) is 0 Å². The van der Waals surface area contributed by atoms with E-state index in [1.54, 1.807) is 6.92 Å². The number of nitrogens with zero attached hydrogens (tertiary/aromatic N) is 1. The van der Waals surface area contributed by atoms with Crippen molar-refractivity contribution in [1.29, 1.82) is 0 Å². The number of hydrogen-bond donors (Lipinski definition) is 1. The van der Waals surface area contributed by atoms with Gasteiger partial charge in [-0.1, -0.05) is 36.4 Å². The molecule has 2 atom stereocenters. The second-order valence-corrected chi connectivity index (χ2v) is 6.71. The van der Waals surface area contributed by atoms with Gasteiger partial charge < -0.3 is 10.1 Å². The van der Waals surface area contributed by atoms with Gasteiger partial charge in [0.25, 0.3) is 5.91 Å². The van der Waals surface area contributed by atoms with Gasteiger partial charge >= 0.3 is 0 Å². The van der Waals surface area contributed by atoms with Gasteiger partial charge in [-0.3, -0.25) is 9.69 Å². The van der Waals surface area contributed by atoms with Crippen molar-refractivity contribution in [2.24, 2.45) is 0 Å². The van der Waals surface area contributed by atoms with Gasteiger partial charge in [0.1, 0.15) is 5.75 Å². The predicted octanol–water partition coefficient (Wildman–Crippen LogP) is 3.40. The zero-order valence-corrected chi connectivity index (χ0v) is 13.9. The van der Waals surface area contributed by atoms with Gasteiger partial charge in [0.2, 0.25) is 0 Å². The van der Waals surface area contributed by atoms with Crippen LogP contribution in [-0.4, -0.2) is 30.0 Å². The molecule has 1 N–H and O–H groups in total. The predicted molar refractivity (Wildman–Crippen MR) is 94.2 cm³/mol. The summed E-state index contributed by atoms with van der Waals surface area (Å²) in [6, 6.07) is 16.8. The summed E-state index contributed by atoms with van der Waals surface area (Å²) in [4.78, 5) is 14.1. The molecule has 2 aromatic rings. The third-order valence-electron chi connectivity index (χ3n) is 4.93. The Morgan fingerprint density at radius 3 is 2.88 bits per heavy atom. The van der Waals surface area contributed by atoms with E-state index in [2.05, 4.69) is 52.7 Å². The standard InChI is InChI=1S/C20H22N2O2/c1-14-20(23)21-18-8-7-15(11-19(18)24-14)12-22-10-9-17(13-22)16-5-3-2-4-6-16/h2-8,11,14,17H,9-10,12-13H2,1H3,(H,21,23). The van der Waals surface area contributed by atoms with Crippen LogP contribution in [0.2, 0.25) is 0 Å². The number of rotatable bonds is 3. The average molecular weight is 322 g/mol. The Morgan fingerprint density at radius 1 is 1.21 bits per heavy atom. The quantitative estimate of drug-likeness (QED) is 0.942. The first-order valence-electron chi connectivity index (χ1n) is 8.57. The Kier molecular flexibility index (Phi) is 3.98. The van der Waals surface area contributed by atoms with Crippen molar-refractivity contribution >= 4 is 11.6 Å². The Morgan fingerprint density at radius 2 is 2.04 bits per heavy atom. The summed E-state index contributed by atoms with van der Waals surface area (Å²) in [5.41, 5.74) is 3.43. The second-order valence-electron chi connectivity index (χ2n) is 6.71. The Balaban J connectivity index is 1.43. The molecule has 4 nitrogen and oxygen atoms in total. The largest absolute Gasteiger partial charge is 0.479 e. The van der Waals surface area contributed by atoms with Crippen molar-refractivity contribution in [2.75, 3.05) is 18.4 Å². The van der Waals surface area contributed by atoms with Crippen LogP contribution in [0.1, 0.15) is 30.4 Å². The zero-order chi connectivity index (χ0) is 16.5. The third-order valence-corrected chi connectivity index (χ3v) is 4.93. The number of likely N-dealkylation sites (tertiary alicyclic amines) is 1. The van der Waals surface area contributed by atoms with E-state index in [4.69, 9.17) is 4.74 Å². The molecule has 1 amide bonds. The molecule has 1 fully saturated rings. The molecule has 2 aliphatic rings. The van der Waals surface area contributed by atoms with Crippen molar-refractivity contribution in [3.63, 3.8) is 0 Å². The van der Waals surface area contributed by atoms with Gasteiger partial charge in [-0.25, -0.2) is 0 Å². The van der Waals surface area contributed by atoms with Crippen LogP contribution in [-0.2, 0) is 11.3 Å². The van der Waals surface area contributed by atoms with Crippen molar-refractivity contribution in [3.05, 3.63) is 59.7 Å². The molecule has 2 unspecified atom stereocenters. The first kappa shape index (κ1) is 15.2. The smallest absolute Gasteiger partial charge is 0.265 e. The summed E-state index contributed by atoms with van der Waals surface area (Å²) < 4.78 is 5.71. The Labute approximate surface area is 142 Å². The number of fused-ring (bicyclic) bond motifs is 1. The first-order chi connectivity index (χ1) is 11.7. The van der Waals surface area contributed by atoms with Crippen LogP contribution in [0.15, 0.2) is 48.5 Å². The molecule has 1 saturated heterocycles. The lowest BCUT2D eigenvalue weighted by molar-refractivity contribution is -0.122. The van der Waals surface area contributed by atoms with E-state index < -0.39 is 6.10 Å². The van der Waals surface area contributed by atoms with Crippen LogP contribution in [0.5, 0.6) is 5.75 Å². The molecule has 0 aliphatic carbocycles. The highest BCUT2D eigenvalue weighted by Gasteiger charge is 2.26. The lowest BCUT2D eigenvalue weighted by atomic mass is 9.99. The molecule has 0 spiro atoms. The van der Waals surface area contributed by atoms with Gasteiger partial charge in [-0.2, -0.15) is 0 Å². The van der Waals surface area contributed by atoms with E-state index in [0.717, 1.165) is 31.1 Å². The van der Waals surface area contributed by atoms with Crippen molar-refractivity contribution < 1.29 is 9.53 Å². The lowest BCUT2D eigenvalue weighted by Crippen LogP contribution is -2.34. The highest BCUT2D eigenvalue weighted by atomic mass is 16.5. The number of benzene rings is 2. The van der Waals surface area contributed by atoms with E-state index >= 15 is 0 Å². The molecule has 0 aromatic heterocycles. The lowest BCUT2D eigenvalue weighted by Gasteiger charge is -2.24. The molecule has 0 radical (unpaired) electrons. The fourth-order valence-corrected chi connectivity index (χ4v) is 3.58. The molecular weight excluding hydrogens is 300 g/mol. The summed E-state index contributed by atoms with van der Waals surface area (Å²) in [6.45, 7) is 4.90. The monoisotopic (exact) mass is 322 g/mol. The SMILES string of the molecule is CC1Oc2cc(CN3CCC(c4ccccc4)C3)ccc2NC1=O. The van der Waals surface area contributed by atoms with Crippen molar-refractivity contribution in [3.8, 4) is 5.75 Å². The minimum atomic E-state index is -0.429. The van der Waals surface area contributed by atoms with E-state index in [-0.39, 0.29) is 5.91 Å². The Bertz CT molecular complexity index is 745. The third kappa shape index (κ3) is 3.02. The minimum Gasteiger partial charge on any atom is -0.479 e. The van der Waals surface area contributed by atoms with Gasteiger partial charge in [-0.15, -0.1) is 0 Å². The average Bonchev–Trinajstić information content (AvgIpc) is 3.05. The molecule has 4 heteroatoms. The maximum Gasteiger partial charge on any atom is 0.265 e. The first-order valence-corrected chi connectivity index (χ1v) is 8.57. The van der Waals surface area contributed by atoms with E-state index in [0.29, 0.717) is 5.92 Å². The fraction of sp³-hybridized carbons (Fsp3) is 0.350. The molecule has 2 aliphatic heterocycles. The minimum absolute atomic E-state index is 0.0829. The van der Waals surface area contributed by atoms with Gasteiger partial charge in [0, 0.05) is 13.1 Å². The van der Waals surface area contributed by atoms with Crippen LogP contribution in [0, 0.1) is 0 Å². The number of anilines is 1. The summed E-state index contributed by atoms with van der Waals surface area (Å²) in [5, 5.41) is 2.88. The molecule has 24 heavy (non-hydrogen) atoms. The maximum atomic E-state index is 11.6. The van der Waals surface area contributed by atoms with Crippen LogP contribution in [0.4, 0.5) is 5.69 Å². The van der Waals surface area contributed by atoms with Crippen molar-refractivity contribution in [1.82, 2.24) is 4.90 Å². The number of nitrogens with one attached hydrogen (secondary N) is 1. The van der Waals surface area contributed by atoms with E-state index in [9.17, 15) is 4.79 Å². The number of carbonyl (C=O) groups is 1. The van der Waals surface area contributed by atoms with Crippen LogP contribution < -0.4 is 10.1 Å². The van der Waals surface area contributed by atoms with Crippen LogP contribution in [0.3, 0.4) is 0 Å². The molecule has 4 rings (SSSR count). The van der Waals surface area contributed by atoms with Gasteiger partial charge in [0.15, 0.2) is 6.10 Å². The molecule has 0 saturated carbocycles. The zero-order valence-electron chi connectivity index (χ0n) is 13.9. The number of hydrogen-bond acceptors (Lipinski definition) is 3. The molecular formula is C20H22N2O2. The summed E-state index contributed by atoms with van der Waals surface area (Å²) in [7, 11) is 0. The molecule has 2 heterocycles. The highest BCUT2D eigenvalue weighted by Crippen LogP contribution is 2.32. The Hall–Kier alpha value is -2.33. The van der Waals surface area contributed by atoms with Crippen molar-refractivity contribution in [2.45, 2.75) is 31.9 Å². The molecule has 0 bridgehead atoms. The summed E-state index contributed by atoms with van der Waals surface area (Å²) in [5.74, 6) is 1.32. The molecule has 2 aromatic carbocycles. The number of amides is 1. The van der Waals surface area contributed by atoms with E-state index in [1.807, 2.05) is 6.07 Å². The van der Waals surface area contributed by atoms with Gasteiger partial charge in [-0.05, 0) is 49.1 Å². The highest BCUT2D eigenvalue weighted by molar-refractivity contribution is 5.97. The second kappa shape index (κ2) is 6.29. The summed E-state index contributed by atoms with van der Waals surface area (Å²) >= 11 is 0. The molecule has 124 valence electrons. The summed E-state index contributed by atoms with van der Waals surface area (Å²) in [6.07, 6.45) is 0.778. The fourth-order valence-electron chi connectivity index (χ4n) is 3.58. The number of carbonyl (C=O) groups excluding carboxylic acids is 1. The maximum absolute atomic E-state index is 11.6. The van der Waals surface area contributed by atoms with Gasteiger partial charge in [0.05, 0.1) is 5.69 Å².